The van der Waals surface area contributed by atoms with Crippen LogP contribution in [0.15, 0.2) is 12.2 Å². The minimum Gasteiger partial charge on any atom is -0.481 e. The molecule has 1 unspecified atom stereocenters. The summed E-state index contributed by atoms with van der Waals surface area (Å²) in [5.41, 5.74) is -1.84. The van der Waals surface area contributed by atoms with Crippen LogP contribution in [0.1, 0.15) is 45.4 Å². The summed E-state index contributed by atoms with van der Waals surface area (Å²) in [4.78, 5) is 23.1. The lowest BCUT2D eigenvalue weighted by Crippen LogP contribution is -2.54. The molecule has 0 aliphatic heterocycles. The molecule has 0 fully saturated rings. The second-order valence-electron chi connectivity index (χ2n) is 6.67. The van der Waals surface area contributed by atoms with Gasteiger partial charge >= 0.3 is 5.97 Å². The van der Waals surface area contributed by atoms with Gasteiger partial charge in [0, 0.05) is 0 Å². The summed E-state index contributed by atoms with van der Waals surface area (Å²) in [5.74, 6) is -1.69. The van der Waals surface area contributed by atoms with E-state index in [1.807, 2.05) is 21.1 Å². The first-order valence-corrected chi connectivity index (χ1v) is 7.56. The Morgan fingerprint density at radius 1 is 1.14 bits per heavy atom. The first-order chi connectivity index (χ1) is 9.60. The summed E-state index contributed by atoms with van der Waals surface area (Å²) in [5, 5.41) is 19.3. The van der Waals surface area contributed by atoms with Crippen LogP contribution in [0.25, 0.3) is 0 Å². The fraction of sp³-hybridized carbons (Fsp3) is 0.750. The Morgan fingerprint density at radius 2 is 1.76 bits per heavy atom. The number of hydrogen-bond donors (Lipinski definition) is 2. The number of carbonyl (C=O) groups excluding carboxylic acids is 1. The molecule has 21 heavy (non-hydrogen) atoms. The van der Waals surface area contributed by atoms with Crippen LogP contribution in [-0.4, -0.2) is 59.7 Å². The maximum atomic E-state index is 12.2. The Bertz CT molecular complexity index is 371. The molecule has 0 spiro atoms. The lowest BCUT2D eigenvalue weighted by molar-refractivity contribution is -0.875. The van der Waals surface area contributed by atoms with E-state index in [4.69, 9.17) is 5.11 Å². The number of quaternary nitrogens is 1. The number of carbonyl (C=O) groups is 2. The minimum absolute atomic E-state index is 0.0678. The highest BCUT2D eigenvalue weighted by atomic mass is 16.4. The molecule has 0 aromatic rings. The molecule has 0 aliphatic carbocycles. The molecule has 122 valence electrons. The van der Waals surface area contributed by atoms with Gasteiger partial charge in [0.1, 0.15) is 6.54 Å². The van der Waals surface area contributed by atoms with Gasteiger partial charge in [-0.25, -0.2) is 0 Å². The minimum atomic E-state index is -1.84. The van der Waals surface area contributed by atoms with Crippen LogP contribution in [0, 0.1) is 0 Å². The van der Waals surface area contributed by atoms with Crippen molar-refractivity contribution in [2.45, 2.75) is 51.0 Å². The van der Waals surface area contributed by atoms with Gasteiger partial charge in [0.15, 0.2) is 11.4 Å². The average Bonchev–Trinajstić information content (AvgIpc) is 2.29. The molecule has 0 saturated carbocycles. The van der Waals surface area contributed by atoms with Gasteiger partial charge in [-0.15, -0.1) is 0 Å². The Labute approximate surface area is 127 Å². The fourth-order valence-corrected chi connectivity index (χ4v) is 2.29. The molecule has 0 aromatic heterocycles. The standard InChI is InChI=1S/C16H29NO4/c1-5-6-7-8-9-10-11-14(18)16(21,12-15(19)20)13-17(2,3)4/h10-11,21H,5-9,12-13H2,1-4H3/p+1. The van der Waals surface area contributed by atoms with Crippen LogP contribution >= 0.6 is 0 Å². The Kier molecular flexibility index (Phi) is 8.44. The molecule has 0 aromatic carbocycles. The number of ketones is 1. The Morgan fingerprint density at radius 3 is 2.24 bits per heavy atom. The van der Waals surface area contributed by atoms with E-state index in [-0.39, 0.29) is 6.54 Å². The molecule has 1 atom stereocenters. The van der Waals surface area contributed by atoms with E-state index >= 15 is 0 Å². The second-order valence-corrected chi connectivity index (χ2v) is 6.67. The molecule has 0 rings (SSSR count). The van der Waals surface area contributed by atoms with Gasteiger partial charge in [-0.1, -0.05) is 32.3 Å². The molecule has 0 saturated heterocycles. The number of unbranched alkanes of at least 4 members (excludes halogenated alkanes) is 4. The summed E-state index contributed by atoms with van der Waals surface area (Å²) in [6.07, 6.45) is 7.74. The Balaban J connectivity index is 4.65. The molecule has 0 radical (unpaired) electrons. The Hall–Kier alpha value is -1.20. The highest BCUT2D eigenvalue weighted by Gasteiger charge is 2.41. The molecule has 5 nitrogen and oxygen atoms in total. The van der Waals surface area contributed by atoms with Crippen LogP contribution in [0.2, 0.25) is 0 Å². The third kappa shape index (κ3) is 9.37. The molecular weight excluding hydrogens is 270 g/mol. The topological polar surface area (TPSA) is 74.6 Å². The highest BCUT2D eigenvalue weighted by molar-refractivity contribution is 5.99. The van der Waals surface area contributed by atoms with E-state index in [2.05, 4.69) is 6.92 Å². The smallest absolute Gasteiger partial charge is 0.307 e. The van der Waals surface area contributed by atoms with Gasteiger partial charge in [0.05, 0.1) is 27.6 Å². The quantitative estimate of drug-likeness (QED) is 0.348. The maximum Gasteiger partial charge on any atom is 0.307 e. The zero-order chi connectivity index (χ0) is 16.5. The van der Waals surface area contributed by atoms with Gasteiger partial charge in [0.25, 0.3) is 0 Å². The third-order valence-electron chi connectivity index (χ3n) is 3.13. The number of likely N-dealkylation sites (N-methyl/N-ethyl adjacent to an activating group) is 1. The van der Waals surface area contributed by atoms with E-state index in [0.29, 0.717) is 4.48 Å². The number of aliphatic carboxylic acids is 1. The molecule has 5 heteroatoms. The number of nitrogens with zero attached hydrogens (tertiary/aromatic N) is 1. The predicted octanol–water partition coefficient (Wildman–Crippen LogP) is 1.99. The van der Waals surface area contributed by atoms with Crippen molar-refractivity contribution in [3.05, 3.63) is 12.2 Å². The summed E-state index contributed by atoms with van der Waals surface area (Å²) in [6.45, 7) is 2.20. The number of rotatable bonds is 11. The second kappa shape index (κ2) is 8.95. The number of aliphatic hydroxyl groups is 1. The number of hydrogen-bond acceptors (Lipinski definition) is 3. The zero-order valence-electron chi connectivity index (χ0n) is 13.8. The molecule has 0 heterocycles. The molecule has 0 amide bonds. The summed E-state index contributed by atoms with van der Waals surface area (Å²) in [6, 6.07) is 0. The van der Waals surface area contributed by atoms with Crippen molar-refractivity contribution in [3.8, 4) is 0 Å². The number of carboxylic acids is 1. The van der Waals surface area contributed by atoms with E-state index < -0.39 is 23.8 Å². The lowest BCUT2D eigenvalue weighted by atomic mass is 9.92. The van der Waals surface area contributed by atoms with E-state index in [9.17, 15) is 14.7 Å². The van der Waals surface area contributed by atoms with Gasteiger partial charge < -0.3 is 14.7 Å². The maximum absolute atomic E-state index is 12.2. The van der Waals surface area contributed by atoms with Crippen molar-refractivity contribution in [1.82, 2.24) is 0 Å². The number of carboxylic acid groups (broad SMARTS) is 1. The average molecular weight is 300 g/mol. The monoisotopic (exact) mass is 300 g/mol. The van der Waals surface area contributed by atoms with Crippen molar-refractivity contribution in [3.63, 3.8) is 0 Å². The van der Waals surface area contributed by atoms with Gasteiger partial charge in [0.2, 0.25) is 0 Å². The predicted molar refractivity (Wildman–Crippen MR) is 83.0 cm³/mol. The van der Waals surface area contributed by atoms with Gasteiger partial charge in [-0.3, -0.25) is 9.59 Å². The van der Waals surface area contributed by atoms with Crippen LogP contribution in [0.5, 0.6) is 0 Å². The SMILES string of the molecule is CCCCCCC=CC(=O)C(O)(CC(=O)O)C[N+](C)(C)C. The first kappa shape index (κ1) is 19.8. The van der Waals surface area contributed by atoms with Crippen LogP contribution < -0.4 is 0 Å². The van der Waals surface area contributed by atoms with Gasteiger partial charge in [-0.2, -0.15) is 0 Å². The molecule has 2 N–H and O–H groups in total. The van der Waals surface area contributed by atoms with Crippen molar-refractivity contribution in [2.24, 2.45) is 0 Å². The van der Waals surface area contributed by atoms with Crippen LogP contribution in [-0.2, 0) is 9.59 Å². The van der Waals surface area contributed by atoms with E-state index in [1.165, 1.54) is 12.5 Å². The van der Waals surface area contributed by atoms with Gasteiger partial charge in [-0.05, 0) is 18.9 Å². The van der Waals surface area contributed by atoms with Crippen molar-refractivity contribution < 1.29 is 24.3 Å². The van der Waals surface area contributed by atoms with Crippen molar-refractivity contribution in [1.29, 1.82) is 0 Å². The lowest BCUT2D eigenvalue weighted by Gasteiger charge is -2.33. The largest absolute Gasteiger partial charge is 0.481 e. The summed E-state index contributed by atoms with van der Waals surface area (Å²) >= 11 is 0. The molecule has 0 bridgehead atoms. The van der Waals surface area contributed by atoms with Crippen molar-refractivity contribution >= 4 is 11.8 Å². The van der Waals surface area contributed by atoms with E-state index in [0.717, 1.165) is 25.7 Å². The number of allylic oxidation sites excluding steroid dienone is 1. The van der Waals surface area contributed by atoms with Crippen LogP contribution in [0.4, 0.5) is 0 Å². The normalized spacial score (nSPS) is 15.1. The first-order valence-electron chi connectivity index (χ1n) is 7.56. The molecule has 0 aliphatic rings. The summed E-state index contributed by atoms with van der Waals surface area (Å²) in [7, 11) is 5.44. The van der Waals surface area contributed by atoms with Crippen LogP contribution in [0.3, 0.4) is 0 Å². The molecular formula is C16H30NO4+. The third-order valence-corrected chi connectivity index (χ3v) is 3.13. The van der Waals surface area contributed by atoms with Crippen molar-refractivity contribution in [2.75, 3.05) is 27.7 Å². The fourth-order valence-electron chi connectivity index (χ4n) is 2.29. The summed E-state index contributed by atoms with van der Waals surface area (Å²) < 4.78 is 0.319. The highest BCUT2D eigenvalue weighted by Crippen LogP contribution is 2.17. The van der Waals surface area contributed by atoms with E-state index in [1.54, 1.807) is 6.08 Å². The zero-order valence-corrected chi connectivity index (χ0v) is 13.8.